The van der Waals surface area contributed by atoms with Crippen LogP contribution in [0.5, 0.6) is 0 Å². The minimum absolute atomic E-state index is 0.179. The highest BCUT2D eigenvalue weighted by Gasteiger charge is 2.57. The van der Waals surface area contributed by atoms with E-state index in [4.69, 9.17) is 9.47 Å². The van der Waals surface area contributed by atoms with Crippen LogP contribution in [0.1, 0.15) is 47.5 Å². The lowest BCUT2D eigenvalue weighted by molar-refractivity contribution is -0.194. The molecule has 1 heterocycles. The molecule has 4 atom stereocenters. The van der Waals surface area contributed by atoms with E-state index in [9.17, 15) is 0 Å². The van der Waals surface area contributed by atoms with Crippen molar-refractivity contribution in [3.05, 3.63) is 0 Å². The van der Waals surface area contributed by atoms with Crippen LogP contribution in [0.4, 0.5) is 0 Å². The Labute approximate surface area is 118 Å². The Morgan fingerprint density at radius 1 is 1.37 bits per heavy atom. The number of ether oxygens (including phenoxy) is 2. The summed E-state index contributed by atoms with van der Waals surface area (Å²) in [5, 5.41) is 3.76. The van der Waals surface area contributed by atoms with Gasteiger partial charge >= 0.3 is 0 Å². The summed E-state index contributed by atoms with van der Waals surface area (Å²) in [6, 6.07) is 0.567. The Balaban J connectivity index is 1.92. The molecule has 0 spiro atoms. The fourth-order valence-corrected chi connectivity index (χ4v) is 3.91. The smallest absolute Gasteiger partial charge is 0.0743 e. The number of methoxy groups -OCH3 is 1. The number of nitrogens with one attached hydrogen (secondary N) is 1. The largest absolute Gasteiger partial charge is 0.380 e. The van der Waals surface area contributed by atoms with Crippen LogP contribution in [0.3, 0.4) is 0 Å². The highest BCUT2D eigenvalue weighted by atomic mass is 16.5. The number of fused-ring (bicyclic) bond motifs is 1. The van der Waals surface area contributed by atoms with Crippen molar-refractivity contribution >= 4 is 0 Å². The Bertz CT molecular complexity index is 308. The maximum Gasteiger partial charge on any atom is 0.0743 e. The molecule has 1 aliphatic carbocycles. The summed E-state index contributed by atoms with van der Waals surface area (Å²) in [5.41, 5.74) is 0.430. The predicted octanol–water partition coefficient (Wildman–Crippen LogP) is 2.84. The zero-order valence-corrected chi connectivity index (χ0v) is 13.5. The van der Waals surface area contributed by atoms with Gasteiger partial charge in [0.25, 0.3) is 0 Å². The molecule has 1 N–H and O–H groups in total. The zero-order valence-electron chi connectivity index (χ0n) is 13.5. The summed E-state index contributed by atoms with van der Waals surface area (Å²) in [6.07, 6.45) is 3.22. The quantitative estimate of drug-likeness (QED) is 0.851. The number of rotatable bonds is 4. The molecule has 112 valence electrons. The summed E-state index contributed by atoms with van der Waals surface area (Å²) in [6.45, 7) is 13.2. The second-order valence-electron chi connectivity index (χ2n) is 7.90. The molecule has 3 heteroatoms. The average Bonchev–Trinajstić information content (AvgIpc) is 2.33. The van der Waals surface area contributed by atoms with E-state index in [1.807, 2.05) is 7.11 Å². The van der Waals surface area contributed by atoms with E-state index in [-0.39, 0.29) is 16.9 Å². The normalized spacial score (nSPS) is 35.4. The number of hydrogen-bond donors (Lipinski definition) is 1. The van der Waals surface area contributed by atoms with Crippen molar-refractivity contribution in [3.63, 3.8) is 0 Å². The van der Waals surface area contributed by atoms with Gasteiger partial charge in [0.15, 0.2) is 0 Å². The van der Waals surface area contributed by atoms with Crippen LogP contribution < -0.4 is 5.32 Å². The molecule has 0 radical (unpaired) electrons. The Hall–Kier alpha value is -0.120. The lowest BCUT2D eigenvalue weighted by atomic mass is 9.55. The van der Waals surface area contributed by atoms with Crippen molar-refractivity contribution in [1.29, 1.82) is 0 Å². The van der Waals surface area contributed by atoms with Gasteiger partial charge in [-0.15, -0.1) is 0 Å². The van der Waals surface area contributed by atoms with Gasteiger partial charge in [-0.25, -0.2) is 0 Å². The van der Waals surface area contributed by atoms with E-state index in [1.165, 1.54) is 12.8 Å². The zero-order chi connectivity index (χ0) is 14.3. The highest BCUT2D eigenvalue weighted by Crippen LogP contribution is 2.51. The van der Waals surface area contributed by atoms with Crippen LogP contribution in [0.25, 0.3) is 0 Å². The first-order valence-corrected chi connectivity index (χ1v) is 7.66. The fraction of sp³-hybridized carbons (Fsp3) is 1.00. The van der Waals surface area contributed by atoms with Gasteiger partial charge in [0.1, 0.15) is 0 Å². The third kappa shape index (κ3) is 2.84. The summed E-state index contributed by atoms with van der Waals surface area (Å²) in [4.78, 5) is 0. The summed E-state index contributed by atoms with van der Waals surface area (Å²) in [7, 11) is 1.82. The van der Waals surface area contributed by atoms with E-state index in [0.29, 0.717) is 18.1 Å². The average molecular weight is 269 g/mol. The summed E-state index contributed by atoms with van der Waals surface area (Å²) in [5.74, 6) is 0.696. The fourth-order valence-electron chi connectivity index (χ4n) is 3.91. The molecule has 1 saturated heterocycles. The Morgan fingerprint density at radius 2 is 2.05 bits per heavy atom. The van der Waals surface area contributed by atoms with Crippen LogP contribution in [0.2, 0.25) is 0 Å². The first kappa shape index (κ1) is 15.3. The van der Waals surface area contributed by atoms with Gasteiger partial charge in [-0.2, -0.15) is 0 Å². The molecular formula is C16H31NO2. The lowest BCUT2D eigenvalue weighted by Crippen LogP contribution is -2.70. The van der Waals surface area contributed by atoms with Crippen LogP contribution in [-0.2, 0) is 9.47 Å². The van der Waals surface area contributed by atoms with Gasteiger partial charge in [-0.05, 0) is 18.3 Å². The van der Waals surface area contributed by atoms with Crippen LogP contribution in [-0.4, -0.2) is 38.5 Å². The van der Waals surface area contributed by atoms with E-state index in [2.05, 4.69) is 39.9 Å². The van der Waals surface area contributed by atoms with E-state index < -0.39 is 0 Å². The predicted molar refractivity (Wildman–Crippen MR) is 78.3 cm³/mol. The lowest BCUT2D eigenvalue weighted by Gasteiger charge is -2.60. The monoisotopic (exact) mass is 269 g/mol. The topological polar surface area (TPSA) is 30.5 Å². The molecule has 0 aromatic rings. The van der Waals surface area contributed by atoms with Gasteiger partial charge in [0.2, 0.25) is 0 Å². The van der Waals surface area contributed by atoms with Crippen molar-refractivity contribution in [2.24, 2.45) is 16.7 Å². The van der Waals surface area contributed by atoms with E-state index >= 15 is 0 Å². The Kier molecular flexibility index (Phi) is 4.29. The number of hydrogen-bond acceptors (Lipinski definition) is 3. The van der Waals surface area contributed by atoms with Crippen molar-refractivity contribution in [1.82, 2.24) is 5.32 Å². The molecule has 2 aliphatic rings. The molecule has 4 unspecified atom stereocenters. The molecule has 0 aromatic carbocycles. The maximum absolute atomic E-state index is 5.95. The van der Waals surface area contributed by atoms with E-state index in [0.717, 1.165) is 13.2 Å². The third-order valence-corrected chi connectivity index (χ3v) is 5.10. The molecule has 1 saturated carbocycles. The first-order valence-electron chi connectivity index (χ1n) is 7.66. The molecule has 2 fully saturated rings. The second kappa shape index (κ2) is 5.34. The summed E-state index contributed by atoms with van der Waals surface area (Å²) < 4.78 is 11.6. The van der Waals surface area contributed by atoms with Crippen LogP contribution in [0.15, 0.2) is 0 Å². The highest BCUT2D eigenvalue weighted by molar-refractivity contribution is 5.10. The minimum Gasteiger partial charge on any atom is -0.380 e. The molecule has 0 bridgehead atoms. The van der Waals surface area contributed by atoms with Gasteiger partial charge in [0, 0.05) is 37.6 Å². The molecule has 1 aliphatic heterocycles. The minimum atomic E-state index is 0.179. The van der Waals surface area contributed by atoms with Crippen LogP contribution >= 0.6 is 0 Å². The molecule has 3 nitrogen and oxygen atoms in total. The van der Waals surface area contributed by atoms with Crippen LogP contribution in [0, 0.1) is 16.7 Å². The molecule has 2 rings (SSSR count). The molecule has 19 heavy (non-hydrogen) atoms. The van der Waals surface area contributed by atoms with Gasteiger partial charge in [-0.1, -0.05) is 34.6 Å². The molecule has 0 aromatic heterocycles. The first-order chi connectivity index (χ1) is 8.78. The molecular weight excluding hydrogens is 238 g/mol. The third-order valence-electron chi connectivity index (χ3n) is 5.10. The Morgan fingerprint density at radius 3 is 2.63 bits per heavy atom. The van der Waals surface area contributed by atoms with Crippen molar-refractivity contribution in [2.45, 2.75) is 65.7 Å². The molecule has 0 amide bonds. The standard InChI is InChI=1S/C16H31NO2/c1-15(2,3)12(18-6)10-17-13-11-8-7-9-19-14(11)16(13,4)5/h11-14,17H,7-10H2,1-6H3. The van der Waals surface area contributed by atoms with Crippen molar-refractivity contribution in [3.8, 4) is 0 Å². The maximum atomic E-state index is 5.95. The second-order valence-corrected chi connectivity index (χ2v) is 7.90. The summed E-state index contributed by atoms with van der Waals surface area (Å²) >= 11 is 0. The van der Waals surface area contributed by atoms with Gasteiger partial charge < -0.3 is 14.8 Å². The van der Waals surface area contributed by atoms with Crippen molar-refractivity contribution < 1.29 is 9.47 Å². The van der Waals surface area contributed by atoms with E-state index in [1.54, 1.807) is 0 Å². The van der Waals surface area contributed by atoms with Gasteiger partial charge in [-0.3, -0.25) is 0 Å². The van der Waals surface area contributed by atoms with Gasteiger partial charge in [0.05, 0.1) is 12.2 Å². The SMILES string of the molecule is COC(CNC1C2CCCOC2C1(C)C)C(C)(C)C. The van der Waals surface area contributed by atoms with Crippen molar-refractivity contribution in [2.75, 3.05) is 20.3 Å².